The second kappa shape index (κ2) is 7.45. The summed E-state index contributed by atoms with van der Waals surface area (Å²) in [7, 11) is 0. The van der Waals surface area contributed by atoms with Gasteiger partial charge in [-0.05, 0) is 37.3 Å². The van der Waals surface area contributed by atoms with Crippen LogP contribution >= 0.6 is 11.6 Å². The number of rotatable bonds is 4. The quantitative estimate of drug-likeness (QED) is 0.731. The van der Waals surface area contributed by atoms with Gasteiger partial charge in [-0.25, -0.2) is 0 Å². The maximum atomic E-state index is 13.0. The molecular weight excluding hydrogens is 362 g/mol. The van der Waals surface area contributed by atoms with Gasteiger partial charge in [-0.15, -0.1) is 0 Å². The molecule has 0 spiro atoms. The van der Waals surface area contributed by atoms with Crippen molar-refractivity contribution in [3.05, 3.63) is 70.4 Å². The molecule has 0 saturated carbocycles. The van der Waals surface area contributed by atoms with Crippen molar-refractivity contribution >= 4 is 17.5 Å². The second-order valence-electron chi connectivity index (χ2n) is 6.48. The van der Waals surface area contributed by atoms with Crippen LogP contribution in [0.25, 0.3) is 11.3 Å². The van der Waals surface area contributed by atoms with E-state index in [-0.39, 0.29) is 5.91 Å². The van der Waals surface area contributed by atoms with Crippen LogP contribution in [-0.2, 0) is 13.0 Å². The van der Waals surface area contributed by atoms with E-state index in [1.54, 1.807) is 6.07 Å². The van der Waals surface area contributed by atoms with Crippen LogP contribution in [0.3, 0.4) is 0 Å². The van der Waals surface area contributed by atoms with Crippen LogP contribution in [0.4, 0.5) is 0 Å². The first-order chi connectivity index (χ1) is 13.2. The van der Waals surface area contributed by atoms with Crippen molar-refractivity contribution in [1.82, 2.24) is 15.1 Å². The molecule has 5 nitrogen and oxygen atoms in total. The molecule has 2 aromatic carbocycles. The maximum absolute atomic E-state index is 13.0. The van der Waals surface area contributed by atoms with Gasteiger partial charge >= 0.3 is 0 Å². The van der Waals surface area contributed by atoms with Crippen molar-refractivity contribution in [1.29, 1.82) is 0 Å². The van der Waals surface area contributed by atoms with E-state index in [4.69, 9.17) is 16.3 Å². The zero-order valence-electron chi connectivity index (χ0n) is 15.0. The average Bonchev–Trinajstić information content (AvgIpc) is 3.11. The van der Waals surface area contributed by atoms with Gasteiger partial charge in [0, 0.05) is 46.9 Å². The number of H-pyrrole nitrogens is 1. The highest BCUT2D eigenvalue weighted by Gasteiger charge is 2.26. The zero-order chi connectivity index (χ0) is 18.8. The van der Waals surface area contributed by atoms with Crippen molar-refractivity contribution in [3.63, 3.8) is 0 Å². The van der Waals surface area contributed by atoms with E-state index >= 15 is 0 Å². The third kappa shape index (κ3) is 3.55. The fraction of sp³-hybridized carbons (Fsp3) is 0.238. The minimum Gasteiger partial charge on any atom is -0.494 e. The molecule has 0 aliphatic carbocycles. The molecule has 0 fully saturated rings. The van der Waals surface area contributed by atoms with Crippen molar-refractivity contribution in [3.8, 4) is 17.0 Å². The van der Waals surface area contributed by atoms with Gasteiger partial charge in [-0.3, -0.25) is 9.89 Å². The van der Waals surface area contributed by atoms with Gasteiger partial charge in [0.1, 0.15) is 5.75 Å². The second-order valence-corrected chi connectivity index (χ2v) is 6.91. The summed E-state index contributed by atoms with van der Waals surface area (Å²) in [6, 6.07) is 15.0. The largest absolute Gasteiger partial charge is 0.494 e. The Morgan fingerprint density at radius 1 is 1.26 bits per heavy atom. The Hall–Kier alpha value is -2.79. The first kappa shape index (κ1) is 17.6. The number of carbonyl (C=O) groups excluding carboxylic acids is 1. The van der Waals surface area contributed by atoms with Gasteiger partial charge in [0.25, 0.3) is 5.91 Å². The number of aromatic amines is 1. The third-order valence-corrected chi connectivity index (χ3v) is 4.95. The Balaban J connectivity index is 1.60. The summed E-state index contributed by atoms with van der Waals surface area (Å²) in [5.74, 6) is 0.712. The number of nitrogens with zero attached hydrogens (tertiary/aromatic N) is 2. The van der Waals surface area contributed by atoms with Crippen LogP contribution in [0.5, 0.6) is 5.75 Å². The highest BCUT2D eigenvalue weighted by Crippen LogP contribution is 2.30. The number of hydrogen-bond donors (Lipinski definition) is 1. The summed E-state index contributed by atoms with van der Waals surface area (Å²) >= 11 is 6.13. The molecule has 1 aromatic heterocycles. The molecule has 3 aromatic rings. The summed E-state index contributed by atoms with van der Waals surface area (Å²) in [6.07, 6.45) is 0.750. The van der Waals surface area contributed by atoms with Gasteiger partial charge in [0.2, 0.25) is 0 Å². The van der Waals surface area contributed by atoms with E-state index in [1.807, 2.05) is 54.3 Å². The SMILES string of the molecule is CCOc1cccc(C(=O)N2CCc3[nH]nc(-c4cccc(Cl)c4)c3C2)c1. The highest BCUT2D eigenvalue weighted by atomic mass is 35.5. The predicted octanol–water partition coefficient (Wildman–Crippen LogP) is 4.33. The van der Waals surface area contributed by atoms with Crippen molar-refractivity contribution in [2.75, 3.05) is 13.2 Å². The Bertz CT molecular complexity index is 983. The molecule has 1 amide bonds. The number of amides is 1. The van der Waals surface area contributed by atoms with Gasteiger partial charge < -0.3 is 9.64 Å². The van der Waals surface area contributed by atoms with Crippen LogP contribution in [0.2, 0.25) is 5.02 Å². The molecule has 0 radical (unpaired) electrons. The molecule has 2 heterocycles. The fourth-order valence-corrected chi connectivity index (χ4v) is 3.60. The third-order valence-electron chi connectivity index (χ3n) is 4.71. The summed E-state index contributed by atoms with van der Waals surface area (Å²) in [5.41, 5.74) is 4.58. The van der Waals surface area contributed by atoms with Gasteiger partial charge in [0.15, 0.2) is 0 Å². The number of halogens is 1. The van der Waals surface area contributed by atoms with E-state index in [2.05, 4.69) is 10.2 Å². The van der Waals surface area contributed by atoms with Crippen molar-refractivity contribution in [2.24, 2.45) is 0 Å². The van der Waals surface area contributed by atoms with Gasteiger partial charge in [0.05, 0.1) is 12.3 Å². The zero-order valence-corrected chi connectivity index (χ0v) is 15.8. The number of hydrogen-bond acceptors (Lipinski definition) is 3. The van der Waals surface area contributed by atoms with Crippen LogP contribution in [-0.4, -0.2) is 34.2 Å². The Kier molecular flexibility index (Phi) is 4.86. The molecule has 6 heteroatoms. The number of nitrogens with one attached hydrogen (secondary N) is 1. The molecule has 1 aliphatic heterocycles. The van der Waals surface area contributed by atoms with E-state index < -0.39 is 0 Å². The van der Waals surface area contributed by atoms with Gasteiger partial charge in [-0.1, -0.05) is 29.8 Å². The molecule has 0 unspecified atom stereocenters. The summed E-state index contributed by atoms with van der Waals surface area (Å²) in [6.45, 7) is 3.67. The molecular formula is C21H20ClN3O2. The molecule has 27 heavy (non-hydrogen) atoms. The van der Waals surface area contributed by atoms with Crippen LogP contribution in [0.15, 0.2) is 48.5 Å². The highest BCUT2D eigenvalue weighted by molar-refractivity contribution is 6.30. The Morgan fingerprint density at radius 3 is 2.93 bits per heavy atom. The Labute approximate surface area is 162 Å². The predicted molar refractivity (Wildman–Crippen MR) is 105 cm³/mol. The lowest BCUT2D eigenvalue weighted by Gasteiger charge is -2.27. The van der Waals surface area contributed by atoms with Crippen molar-refractivity contribution < 1.29 is 9.53 Å². The van der Waals surface area contributed by atoms with Crippen molar-refractivity contribution in [2.45, 2.75) is 19.9 Å². The monoisotopic (exact) mass is 381 g/mol. The number of aromatic nitrogens is 2. The number of benzene rings is 2. The lowest BCUT2D eigenvalue weighted by Crippen LogP contribution is -2.35. The topological polar surface area (TPSA) is 58.2 Å². The summed E-state index contributed by atoms with van der Waals surface area (Å²) in [4.78, 5) is 14.9. The van der Waals surface area contributed by atoms with E-state index in [0.717, 1.165) is 28.9 Å². The first-order valence-corrected chi connectivity index (χ1v) is 9.37. The molecule has 0 bridgehead atoms. The number of fused-ring (bicyclic) bond motifs is 1. The van der Waals surface area contributed by atoms with E-state index in [0.29, 0.717) is 36.0 Å². The Morgan fingerprint density at radius 2 is 2.11 bits per heavy atom. The average molecular weight is 382 g/mol. The smallest absolute Gasteiger partial charge is 0.254 e. The molecule has 0 atom stereocenters. The maximum Gasteiger partial charge on any atom is 0.254 e. The number of ether oxygens (including phenoxy) is 1. The molecule has 4 rings (SSSR count). The molecule has 0 saturated heterocycles. The number of carbonyl (C=O) groups is 1. The van der Waals surface area contributed by atoms with Crippen LogP contribution in [0.1, 0.15) is 28.5 Å². The molecule has 1 N–H and O–H groups in total. The fourth-order valence-electron chi connectivity index (χ4n) is 3.41. The minimum atomic E-state index is 0.000414. The minimum absolute atomic E-state index is 0.000414. The normalized spacial score (nSPS) is 13.3. The lowest BCUT2D eigenvalue weighted by molar-refractivity contribution is 0.0734. The summed E-state index contributed by atoms with van der Waals surface area (Å²) < 4.78 is 5.52. The lowest BCUT2D eigenvalue weighted by atomic mass is 10.0. The molecule has 1 aliphatic rings. The van der Waals surface area contributed by atoms with Gasteiger partial charge in [-0.2, -0.15) is 5.10 Å². The van der Waals surface area contributed by atoms with E-state index in [1.165, 1.54) is 0 Å². The van der Waals surface area contributed by atoms with E-state index in [9.17, 15) is 4.79 Å². The van der Waals surface area contributed by atoms with Crippen LogP contribution in [0, 0.1) is 0 Å². The first-order valence-electron chi connectivity index (χ1n) is 9.00. The summed E-state index contributed by atoms with van der Waals surface area (Å²) in [5, 5.41) is 8.26. The standard InChI is InChI=1S/C21H20ClN3O2/c1-2-27-17-8-4-6-15(12-17)21(26)25-10-9-19-18(13-25)20(24-23-19)14-5-3-7-16(22)11-14/h3-8,11-12H,2,9-10,13H2,1H3,(H,23,24). The van der Waals surface area contributed by atoms with Crippen LogP contribution < -0.4 is 4.74 Å². The molecule has 138 valence electrons.